The zero-order chi connectivity index (χ0) is 19.7. The molecule has 8 heteroatoms. The summed E-state index contributed by atoms with van der Waals surface area (Å²) in [4.78, 5) is 29.1. The molecule has 0 N–H and O–H groups in total. The summed E-state index contributed by atoms with van der Waals surface area (Å²) in [7, 11) is 1.29. The van der Waals surface area contributed by atoms with Gasteiger partial charge in [0.15, 0.2) is 4.80 Å². The van der Waals surface area contributed by atoms with Gasteiger partial charge in [0, 0.05) is 5.56 Å². The molecule has 1 aromatic heterocycles. The number of carbonyl (C=O) groups is 2. The first-order valence-electron chi connectivity index (χ1n) is 8.02. The van der Waals surface area contributed by atoms with E-state index in [9.17, 15) is 9.59 Å². The van der Waals surface area contributed by atoms with Crippen LogP contribution in [-0.2, 0) is 16.1 Å². The maximum absolute atomic E-state index is 12.7. The Morgan fingerprint density at radius 3 is 2.56 bits per heavy atom. The molecule has 0 spiro atoms. The van der Waals surface area contributed by atoms with Crippen LogP contribution in [0.25, 0.3) is 10.2 Å². The molecule has 0 fully saturated rings. The molecule has 0 saturated heterocycles. The summed E-state index contributed by atoms with van der Waals surface area (Å²) in [6.07, 6.45) is 0. The standard InChI is InChI=1S/C19H16Cl2N2O3S/c1-10-4-5-12(8-11(10)2)18(25)22-19-23(9-15(24)26-3)17-14(27-19)7-6-13(20)16(17)21/h4-8H,9H2,1-3H3. The van der Waals surface area contributed by atoms with Crippen molar-refractivity contribution in [2.75, 3.05) is 7.11 Å². The number of esters is 1. The summed E-state index contributed by atoms with van der Waals surface area (Å²) in [5.74, 6) is -0.878. The van der Waals surface area contributed by atoms with E-state index in [4.69, 9.17) is 27.9 Å². The van der Waals surface area contributed by atoms with Crippen molar-refractivity contribution in [3.05, 3.63) is 61.9 Å². The van der Waals surface area contributed by atoms with Crippen LogP contribution in [0.3, 0.4) is 0 Å². The molecule has 0 radical (unpaired) electrons. The second kappa shape index (κ2) is 7.84. The number of halogens is 2. The molecular weight excluding hydrogens is 407 g/mol. The lowest BCUT2D eigenvalue weighted by Crippen LogP contribution is -2.22. The third-order valence-corrected chi connectivity index (χ3v) is 6.04. The second-order valence-electron chi connectivity index (χ2n) is 5.97. The van der Waals surface area contributed by atoms with E-state index in [1.807, 2.05) is 19.9 Å². The fourth-order valence-electron chi connectivity index (χ4n) is 2.55. The van der Waals surface area contributed by atoms with Crippen LogP contribution >= 0.6 is 34.5 Å². The van der Waals surface area contributed by atoms with E-state index in [-0.39, 0.29) is 6.54 Å². The van der Waals surface area contributed by atoms with Gasteiger partial charge in [-0.1, -0.05) is 40.6 Å². The van der Waals surface area contributed by atoms with Gasteiger partial charge in [0.1, 0.15) is 6.54 Å². The van der Waals surface area contributed by atoms with Crippen LogP contribution in [-0.4, -0.2) is 23.6 Å². The highest BCUT2D eigenvalue weighted by Crippen LogP contribution is 2.32. The minimum atomic E-state index is -0.481. The predicted octanol–water partition coefficient (Wildman–Crippen LogP) is 4.54. The molecule has 3 aromatic rings. The Morgan fingerprint density at radius 1 is 1.15 bits per heavy atom. The van der Waals surface area contributed by atoms with E-state index in [0.717, 1.165) is 15.8 Å². The number of thiazole rings is 1. The van der Waals surface area contributed by atoms with Crippen LogP contribution in [0.4, 0.5) is 0 Å². The maximum atomic E-state index is 12.7. The number of amides is 1. The number of hydrogen-bond acceptors (Lipinski definition) is 4. The van der Waals surface area contributed by atoms with Gasteiger partial charge in [0.2, 0.25) is 0 Å². The molecule has 0 bridgehead atoms. The number of rotatable bonds is 3. The monoisotopic (exact) mass is 422 g/mol. The highest BCUT2D eigenvalue weighted by molar-refractivity contribution is 7.16. The lowest BCUT2D eigenvalue weighted by molar-refractivity contribution is -0.141. The highest BCUT2D eigenvalue weighted by atomic mass is 35.5. The van der Waals surface area contributed by atoms with Crippen LogP contribution < -0.4 is 4.80 Å². The summed E-state index contributed by atoms with van der Waals surface area (Å²) < 4.78 is 7.08. The normalized spacial score (nSPS) is 11.8. The average Bonchev–Trinajstić information content (AvgIpc) is 2.98. The third-order valence-electron chi connectivity index (χ3n) is 4.20. The Morgan fingerprint density at radius 2 is 1.89 bits per heavy atom. The fourth-order valence-corrected chi connectivity index (χ4v) is 4.07. The molecule has 1 amide bonds. The number of benzene rings is 2. The van der Waals surface area contributed by atoms with Gasteiger partial charge in [-0.05, 0) is 49.2 Å². The van der Waals surface area contributed by atoms with Gasteiger partial charge < -0.3 is 9.30 Å². The van der Waals surface area contributed by atoms with Gasteiger partial charge in [-0.3, -0.25) is 9.59 Å². The largest absolute Gasteiger partial charge is 0.468 e. The summed E-state index contributed by atoms with van der Waals surface area (Å²) in [5, 5.41) is 0.655. The topological polar surface area (TPSA) is 60.7 Å². The highest BCUT2D eigenvalue weighted by Gasteiger charge is 2.16. The van der Waals surface area contributed by atoms with Crippen molar-refractivity contribution in [3.8, 4) is 0 Å². The molecule has 0 aliphatic carbocycles. The molecule has 0 unspecified atom stereocenters. The van der Waals surface area contributed by atoms with Gasteiger partial charge in [-0.15, -0.1) is 0 Å². The predicted molar refractivity (Wildman–Crippen MR) is 108 cm³/mol. The molecule has 3 rings (SSSR count). The lowest BCUT2D eigenvalue weighted by atomic mass is 10.1. The molecule has 1 heterocycles. The second-order valence-corrected chi connectivity index (χ2v) is 7.77. The molecule has 27 heavy (non-hydrogen) atoms. The van der Waals surface area contributed by atoms with Crippen LogP contribution in [0, 0.1) is 13.8 Å². The first-order chi connectivity index (χ1) is 12.8. The van der Waals surface area contributed by atoms with Crippen molar-refractivity contribution in [2.45, 2.75) is 20.4 Å². The van der Waals surface area contributed by atoms with E-state index in [1.54, 1.807) is 28.8 Å². The van der Waals surface area contributed by atoms with E-state index < -0.39 is 11.9 Å². The summed E-state index contributed by atoms with van der Waals surface area (Å²) >= 11 is 13.7. The zero-order valence-electron chi connectivity index (χ0n) is 14.9. The smallest absolute Gasteiger partial charge is 0.325 e. The van der Waals surface area contributed by atoms with Crippen LogP contribution in [0.1, 0.15) is 21.5 Å². The molecule has 5 nitrogen and oxygen atoms in total. The quantitative estimate of drug-likeness (QED) is 0.581. The van der Waals surface area contributed by atoms with Gasteiger partial charge in [0.05, 0.1) is 27.4 Å². The SMILES string of the molecule is COC(=O)Cn1c(=NC(=O)c2ccc(C)c(C)c2)sc2ccc(Cl)c(Cl)c21. The van der Waals surface area contributed by atoms with Crippen molar-refractivity contribution in [1.29, 1.82) is 0 Å². The van der Waals surface area contributed by atoms with Crippen molar-refractivity contribution < 1.29 is 14.3 Å². The van der Waals surface area contributed by atoms with Crippen molar-refractivity contribution in [2.24, 2.45) is 4.99 Å². The first kappa shape index (κ1) is 19.6. The number of aryl methyl sites for hydroxylation is 2. The van der Waals surface area contributed by atoms with E-state index >= 15 is 0 Å². The van der Waals surface area contributed by atoms with Gasteiger partial charge in [-0.2, -0.15) is 4.99 Å². The van der Waals surface area contributed by atoms with Crippen molar-refractivity contribution in [1.82, 2.24) is 4.57 Å². The third kappa shape index (κ3) is 3.93. The molecule has 0 aliphatic rings. The van der Waals surface area contributed by atoms with Crippen molar-refractivity contribution in [3.63, 3.8) is 0 Å². The number of fused-ring (bicyclic) bond motifs is 1. The molecule has 2 aromatic carbocycles. The van der Waals surface area contributed by atoms with E-state index in [0.29, 0.717) is 25.9 Å². The minimum Gasteiger partial charge on any atom is -0.468 e. The minimum absolute atomic E-state index is 0.129. The van der Waals surface area contributed by atoms with Crippen LogP contribution in [0.5, 0.6) is 0 Å². The van der Waals surface area contributed by atoms with E-state index in [1.165, 1.54) is 18.4 Å². The number of methoxy groups -OCH3 is 1. The Bertz CT molecular complexity index is 1130. The van der Waals surface area contributed by atoms with Gasteiger partial charge >= 0.3 is 5.97 Å². The molecule has 140 valence electrons. The number of nitrogens with zero attached hydrogens (tertiary/aromatic N) is 2. The van der Waals surface area contributed by atoms with Crippen LogP contribution in [0.2, 0.25) is 10.0 Å². The number of carbonyl (C=O) groups excluding carboxylic acids is 2. The lowest BCUT2D eigenvalue weighted by Gasteiger charge is -2.06. The molecular formula is C19H16Cl2N2O3S. The molecule has 0 aliphatic heterocycles. The fraction of sp³-hybridized carbons (Fsp3) is 0.211. The Balaban J connectivity index is 2.20. The zero-order valence-corrected chi connectivity index (χ0v) is 17.2. The first-order valence-corrected chi connectivity index (χ1v) is 9.59. The Labute approximate surface area is 169 Å². The summed E-state index contributed by atoms with van der Waals surface area (Å²) in [5.41, 5.74) is 3.12. The number of ether oxygens (including phenoxy) is 1. The van der Waals surface area contributed by atoms with Crippen molar-refractivity contribution >= 4 is 56.6 Å². The summed E-state index contributed by atoms with van der Waals surface area (Å²) in [6, 6.07) is 8.85. The Hall–Kier alpha value is -2.15. The van der Waals surface area contributed by atoms with Gasteiger partial charge in [0.25, 0.3) is 5.91 Å². The number of hydrogen-bond donors (Lipinski definition) is 0. The van der Waals surface area contributed by atoms with E-state index in [2.05, 4.69) is 4.99 Å². The molecule has 0 atom stereocenters. The van der Waals surface area contributed by atoms with Crippen LogP contribution in [0.15, 0.2) is 35.3 Å². The maximum Gasteiger partial charge on any atom is 0.325 e. The Kier molecular flexibility index (Phi) is 5.69. The summed E-state index contributed by atoms with van der Waals surface area (Å²) in [6.45, 7) is 3.78. The average molecular weight is 423 g/mol. The molecule has 0 saturated carbocycles. The van der Waals surface area contributed by atoms with Gasteiger partial charge in [-0.25, -0.2) is 0 Å². The number of aromatic nitrogens is 1.